The standard InChI is InChI=1S/C25H30ClF3N4O3S/c1-30(15-18-6-8-20(9-7-18)25(27,28)29)23-17-32(16-22(23)19-4-3-5-21(26)14-19)24(34)31-10-12-33(13-11-31)37(2,35)36/h3-9,14,22-23H,10-13,15-17H2,1-2H3. The van der Waals surface area contributed by atoms with Crippen LogP contribution in [0.4, 0.5) is 18.0 Å². The molecule has 0 bridgehead atoms. The first-order valence-corrected chi connectivity index (χ1v) is 14.2. The maximum atomic E-state index is 13.4. The molecule has 0 saturated carbocycles. The Morgan fingerprint density at radius 3 is 2.24 bits per heavy atom. The number of nitrogens with zero attached hydrogens (tertiary/aromatic N) is 4. The second kappa shape index (κ2) is 10.8. The SMILES string of the molecule is CN(Cc1ccc(C(F)(F)F)cc1)C1CN(C(=O)N2CCN(S(C)(=O)=O)CC2)CC1c1cccc(Cl)c1. The summed E-state index contributed by atoms with van der Waals surface area (Å²) in [5.41, 5.74) is 1.03. The second-order valence-corrected chi connectivity index (χ2v) is 12.1. The molecule has 0 radical (unpaired) electrons. The van der Waals surface area contributed by atoms with Gasteiger partial charge in [-0.2, -0.15) is 17.5 Å². The molecule has 2 aromatic rings. The third-order valence-electron chi connectivity index (χ3n) is 7.09. The van der Waals surface area contributed by atoms with Gasteiger partial charge in [0.15, 0.2) is 0 Å². The first kappa shape index (κ1) is 27.7. The fraction of sp³-hybridized carbons (Fsp3) is 0.480. The summed E-state index contributed by atoms with van der Waals surface area (Å²) in [6.45, 7) is 2.44. The summed E-state index contributed by atoms with van der Waals surface area (Å²) < 4.78 is 63.9. The molecule has 7 nitrogen and oxygen atoms in total. The molecular formula is C25H30ClF3N4O3S. The van der Waals surface area contributed by atoms with Crippen molar-refractivity contribution in [1.29, 1.82) is 0 Å². The maximum absolute atomic E-state index is 13.4. The Balaban J connectivity index is 1.50. The summed E-state index contributed by atoms with van der Waals surface area (Å²) in [4.78, 5) is 18.9. The van der Waals surface area contributed by atoms with E-state index in [1.54, 1.807) is 15.9 Å². The molecule has 2 aliphatic heterocycles. The van der Waals surface area contributed by atoms with Gasteiger partial charge in [-0.15, -0.1) is 0 Å². The van der Waals surface area contributed by atoms with Crippen molar-refractivity contribution in [3.05, 3.63) is 70.2 Å². The molecule has 2 unspecified atom stereocenters. The van der Waals surface area contributed by atoms with Crippen molar-refractivity contribution in [2.75, 3.05) is 52.6 Å². The molecule has 202 valence electrons. The van der Waals surface area contributed by atoms with Gasteiger partial charge in [0.2, 0.25) is 10.0 Å². The van der Waals surface area contributed by atoms with Crippen molar-refractivity contribution in [1.82, 2.24) is 19.0 Å². The lowest BCUT2D eigenvalue weighted by atomic mass is 9.93. The molecule has 2 heterocycles. The lowest BCUT2D eigenvalue weighted by molar-refractivity contribution is -0.137. The normalized spacial score (nSPS) is 21.6. The number of alkyl halides is 3. The Bertz CT molecular complexity index is 1220. The lowest BCUT2D eigenvalue weighted by Crippen LogP contribution is -2.53. The van der Waals surface area contributed by atoms with Gasteiger partial charge < -0.3 is 9.80 Å². The van der Waals surface area contributed by atoms with Crippen LogP contribution in [0.2, 0.25) is 5.02 Å². The van der Waals surface area contributed by atoms with Gasteiger partial charge in [-0.05, 0) is 42.4 Å². The van der Waals surface area contributed by atoms with Crippen molar-refractivity contribution >= 4 is 27.7 Å². The van der Waals surface area contributed by atoms with Crippen molar-refractivity contribution in [3.8, 4) is 0 Å². The Morgan fingerprint density at radius 1 is 1.03 bits per heavy atom. The largest absolute Gasteiger partial charge is 0.416 e. The van der Waals surface area contributed by atoms with Crippen molar-refractivity contribution in [3.63, 3.8) is 0 Å². The number of hydrogen-bond donors (Lipinski definition) is 0. The Kier molecular flexibility index (Phi) is 8.08. The number of benzene rings is 2. The van der Waals surface area contributed by atoms with E-state index in [0.717, 1.165) is 29.5 Å². The molecule has 4 rings (SSSR count). The van der Waals surface area contributed by atoms with Crippen LogP contribution in [-0.4, -0.2) is 92.1 Å². The van der Waals surface area contributed by atoms with Gasteiger partial charge in [0.1, 0.15) is 0 Å². The Morgan fingerprint density at radius 2 is 1.68 bits per heavy atom. The second-order valence-electron chi connectivity index (χ2n) is 9.68. The molecule has 12 heteroatoms. The van der Waals surface area contributed by atoms with E-state index in [1.165, 1.54) is 16.4 Å². The van der Waals surface area contributed by atoms with Gasteiger partial charge in [0.05, 0.1) is 11.8 Å². The van der Waals surface area contributed by atoms with Crippen molar-refractivity contribution in [2.45, 2.75) is 24.7 Å². The van der Waals surface area contributed by atoms with Gasteiger partial charge in [-0.3, -0.25) is 4.90 Å². The monoisotopic (exact) mass is 558 g/mol. The zero-order chi connectivity index (χ0) is 27.0. The first-order valence-electron chi connectivity index (χ1n) is 11.9. The highest BCUT2D eigenvalue weighted by molar-refractivity contribution is 7.88. The average molecular weight is 559 g/mol. The van der Waals surface area contributed by atoms with Crippen LogP contribution >= 0.6 is 11.6 Å². The zero-order valence-electron chi connectivity index (χ0n) is 20.7. The molecular weight excluding hydrogens is 529 g/mol. The van der Waals surface area contributed by atoms with Gasteiger partial charge in [0.25, 0.3) is 0 Å². The minimum absolute atomic E-state index is 0.0561. The van der Waals surface area contributed by atoms with E-state index in [9.17, 15) is 26.4 Å². The van der Waals surface area contributed by atoms with E-state index in [0.29, 0.717) is 37.7 Å². The van der Waals surface area contributed by atoms with Crippen LogP contribution in [0.15, 0.2) is 48.5 Å². The molecule has 2 amide bonds. The average Bonchev–Trinajstić information content (AvgIpc) is 3.29. The number of amides is 2. The molecule has 2 aromatic carbocycles. The summed E-state index contributed by atoms with van der Waals surface area (Å²) in [5.74, 6) is -0.0561. The van der Waals surface area contributed by atoms with Crippen molar-refractivity contribution in [2.24, 2.45) is 0 Å². The van der Waals surface area contributed by atoms with Crippen LogP contribution in [-0.2, 0) is 22.7 Å². The van der Waals surface area contributed by atoms with Crippen LogP contribution in [0, 0.1) is 0 Å². The highest BCUT2D eigenvalue weighted by atomic mass is 35.5. The number of likely N-dealkylation sites (N-methyl/N-ethyl adjacent to an activating group) is 1. The van der Waals surface area contributed by atoms with Gasteiger partial charge in [0, 0.05) is 62.8 Å². The van der Waals surface area contributed by atoms with E-state index in [2.05, 4.69) is 4.90 Å². The molecule has 2 fully saturated rings. The predicted octanol–water partition coefficient (Wildman–Crippen LogP) is 3.96. The molecule has 0 spiro atoms. The molecule has 0 N–H and O–H groups in total. The minimum Gasteiger partial charge on any atom is -0.322 e. The van der Waals surface area contributed by atoms with Gasteiger partial charge in [-0.25, -0.2) is 13.2 Å². The van der Waals surface area contributed by atoms with Crippen LogP contribution in [0.3, 0.4) is 0 Å². The fourth-order valence-corrected chi connectivity index (χ4v) is 6.09. The van der Waals surface area contributed by atoms with Gasteiger partial charge in [-0.1, -0.05) is 35.9 Å². The predicted molar refractivity (Wildman–Crippen MR) is 136 cm³/mol. The number of sulfonamides is 1. The van der Waals surface area contributed by atoms with Gasteiger partial charge >= 0.3 is 12.2 Å². The third-order valence-corrected chi connectivity index (χ3v) is 8.63. The summed E-state index contributed by atoms with van der Waals surface area (Å²) in [7, 11) is -1.40. The Hall–Kier alpha value is -2.34. The summed E-state index contributed by atoms with van der Waals surface area (Å²) in [5, 5.41) is 0.586. The quantitative estimate of drug-likeness (QED) is 0.557. The summed E-state index contributed by atoms with van der Waals surface area (Å²) >= 11 is 6.26. The van der Waals surface area contributed by atoms with E-state index in [1.807, 2.05) is 25.2 Å². The summed E-state index contributed by atoms with van der Waals surface area (Å²) in [6.07, 6.45) is -3.22. The van der Waals surface area contributed by atoms with E-state index in [4.69, 9.17) is 11.6 Å². The number of urea groups is 1. The Labute approximate surface area is 220 Å². The number of likely N-dealkylation sites (tertiary alicyclic amines) is 1. The smallest absolute Gasteiger partial charge is 0.322 e. The topological polar surface area (TPSA) is 64.2 Å². The minimum atomic E-state index is -4.39. The molecule has 2 saturated heterocycles. The molecule has 2 aliphatic rings. The number of carbonyl (C=O) groups excluding carboxylic acids is 1. The number of rotatable bonds is 5. The highest BCUT2D eigenvalue weighted by Crippen LogP contribution is 2.34. The number of halogens is 4. The number of piperazine rings is 1. The molecule has 0 aromatic heterocycles. The lowest BCUT2D eigenvalue weighted by Gasteiger charge is -2.35. The molecule has 0 aliphatic carbocycles. The van der Waals surface area contributed by atoms with E-state index in [-0.39, 0.29) is 31.1 Å². The summed E-state index contributed by atoms with van der Waals surface area (Å²) in [6, 6.07) is 12.4. The number of carbonyl (C=O) groups is 1. The zero-order valence-corrected chi connectivity index (χ0v) is 22.2. The maximum Gasteiger partial charge on any atom is 0.416 e. The van der Waals surface area contributed by atoms with Crippen LogP contribution in [0.25, 0.3) is 0 Å². The fourth-order valence-electron chi connectivity index (χ4n) is 5.07. The first-order chi connectivity index (χ1) is 17.3. The van der Waals surface area contributed by atoms with Crippen LogP contribution in [0.5, 0.6) is 0 Å². The molecule has 2 atom stereocenters. The highest BCUT2D eigenvalue weighted by Gasteiger charge is 2.40. The van der Waals surface area contributed by atoms with E-state index >= 15 is 0 Å². The van der Waals surface area contributed by atoms with Crippen LogP contribution in [0.1, 0.15) is 22.6 Å². The van der Waals surface area contributed by atoms with Crippen molar-refractivity contribution < 1.29 is 26.4 Å². The van der Waals surface area contributed by atoms with Crippen LogP contribution < -0.4 is 0 Å². The third kappa shape index (κ3) is 6.57. The van der Waals surface area contributed by atoms with E-state index < -0.39 is 21.8 Å². The molecule has 37 heavy (non-hydrogen) atoms. The number of hydrogen-bond acceptors (Lipinski definition) is 4.